The van der Waals surface area contributed by atoms with Gasteiger partial charge in [-0.25, -0.2) is 0 Å². The monoisotopic (exact) mass is 298 g/mol. The molecule has 0 saturated carbocycles. The lowest BCUT2D eigenvalue weighted by atomic mass is 10.0. The summed E-state index contributed by atoms with van der Waals surface area (Å²) < 4.78 is 5.80. The van der Waals surface area contributed by atoms with Gasteiger partial charge in [-0.15, -0.1) is 0 Å². The minimum absolute atomic E-state index is 0.908. The largest absolute Gasteiger partial charge is 0.461 e. The molecule has 0 saturated heterocycles. The topological polar surface area (TPSA) is 28.7 Å². The fraction of sp³-hybridized carbons (Fsp3) is 0.353. The van der Waals surface area contributed by atoms with Gasteiger partial charge in [0.05, 0.1) is 12.2 Å². The van der Waals surface area contributed by atoms with E-state index >= 15 is 0 Å². The van der Waals surface area contributed by atoms with Gasteiger partial charge < -0.3 is 9.32 Å². The molecular formula is C17H18N2OS. The maximum absolute atomic E-state index is 5.80. The summed E-state index contributed by atoms with van der Waals surface area (Å²) in [5, 5.41) is 2.39. The van der Waals surface area contributed by atoms with Crippen molar-refractivity contribution >= 4 is 33.6 Å². The number of amidine groups is 1. The van der Waals surface area contributed by atoms with Crippen molar-refractivity contribution in [2.75, 3.05) is 13.1 Å². The van der Waals surface area contributed by atoms with Crippen molar-refractivity contribution in [1.29, 1.82) is 0 Å². The Labute approximate surface area is 128 Å². The van der Waals surface area contributed by atoms with E-state index in [-0.39, 0.29) is 0 Å². The fourth-order valence-corrected chi connectivity index (χ4v) is 4.41. The highest BCUT2D eigenvalue weighted by molar-refractivity contribution is 8.17. The molecule has 3 nitrogen and oxygen atoms in total. The van der Waals surface area contributed by atoms with Crippen LogP contribution in [0.1, 0.15) is 31.1 Å². The Morgan fingerprint density at radius 2 is 2.29 bits per heavy atom. The van der Waals surface area contributed by atoms with Crippen molar-refractivity contribution in [2.24, 2.45) is 4.99 Å². The van der Waals surface area contributed by atoms with Gasteiger partial charge in [0.15, 0.2) is 5.17 Å². The zero-order chi connectivity index (χ0) is 14.4. The first-order chi connectivity index (χ1) is 10.3. The highest BCUT2D eigenvalue weighted by Gasteiger charge is 2.33. The molecule has 0 radical (unpaired) electrons. The standard InChI is InChI=1S/C17H18N2OS/c1-3-5-15-16(19-9-8-18-17(19)21-15)12-6-4-7-14-13(12)10-11(2)20-14/h4,6-7,10H,3,5,8-9H2,1-2H3. The molecule has 0 amide bonds. The van der Waals surface area contributed by atoms with Crippen LogP contribution < -0.4 is 0 Å². The van der Waals surface area contributed by atoms with Crippen molar-refractivity contribution in [3.05, 3.63) is 40.5 Å². The predicted molar refractivity (Wildman–Crippen MR) is 89.4 cm³/mol. The summed E-state index contributed by atoms with van der Waals surface area (Å²) >= 11 is 1.85. The zero-order valence-corrected chi connectivity index (χ0v) is 13.2. The van der Waals surface area contributed by atoms with Crippen LogP contribution >= 0.6 is 11.8 Å². The number of benzene rings is 1. The SMILES string of the molecule is CCCC1=C(c2cccc3oc(C)cc23)N2CCN=C2S1. The maximum Gasteiger partial charge on any atom is 0.168 e. The molecule has 108 valence electrons. The third kappa shape index (κ3) is 2.01. The van der Waals surface area contributed by atoms with Crippen molar-refractivity contribution < 1.29 is 4.42 Å². The van der Waals surface area contributed by atoms with E-state index in [4.69, 9.17) is 4.42 Å². The Kier molecular flexibility index (Phi) is 3.07. The molecule has 21 heavy (non-hydrogen) atoms. The summed E-state index contributed by atoms with van der Waals surface area (Å²) in [5.41, 5.74) is 3.61. The number of hydrogen-bond donors (Lipinski definition) is 0. The Bertz CT molecular complexity index is 772. The Morgan fingerprint density at radius 1 is 1.38 bits per heavy atom. The van der Waals surface area contributed by atoms with E-state index in [1.165, 1.54) is 26.7 Å². The molecule has 0 spiro atoms. The van der Waals surface area contributed by atoms with Crippen LogP contribution in [0.4, 0.5) is 0 Å². The molecule has 2 aliphatic rings. The van der Waals surface area contributed by atoms with Crippen LogP contribution in [0.5, 0.6) is 0 Å². The second-order valence-corrected chi connectivity index (χ2v) is 6.58. The molecule has 1 aromatic heterocycles. The number of thioether (sulfide) groups is 1. The number of aryl methyl sites for hydroxylation is 1. The lowest BCUT2D eigenvalue weighted by molar-refractivity contribution is 0.578. The van der Waals surface area contributed by atoms with Crippen LogP contribution in [0.25, 0.3) is 16.7 Å². The molecule has 0 aliphatic carbocycles. The van der Waals surface area contributed by atoms with Gasteiger partial charge in [0, 0.05) is 22.4 Å². The van der Waals surface area contributed by atoms with Crippen LogP contribution in [0.2, 0.25) is 0 Å². The van der Waals surface area contributed by atoms with Gasteiger partial charge in [-0.05, 0) is 25.5 Å². The number of allylic oxidation sites excluding steroid dienone is 1. The van der Waals surface area contributed by atoms with Crippen LogP contribution in [-0.4, -0.2) is 23.2 Å². The first-order valence-corrected chi connectivity index (χ1v) is 8.32. The molecule has 3 heterocycles. The first-order valence-electron chi connectivity index (χ1n) is 7.50. The Hall–Kier alpha value is -1.68. The second-order valence-electron chi connectivity index (χ2n) is 5.51. The van der Waals surface area contributed by atoms with E-state index in [1.807, 2.05) is 24.8 Å². The smallest absolute Gasteiger partial charge is 0.168 e. The first kappa shape index (κ1) is 13.0. The van der Waals surface area contributed by atoms with Crippen molar-refractivity contribution in [3.63, 3.8) is 0 Å². The van der Waals surface area contributed by atoms with Crippen LogP contribution in [0, 0.1) is 6.92 Å². The van der Waals surface area contributed by atoms with Crippen molar-refractivity contribution in [3.8, 4) is 0 Å². The van der Waals surface area contributed by atoms with Crippen molar-refractivity contribution in [1.82, 2.24) is 4.90 Å². The average molecular weight is 298 g/mol. The lowest BCUT2D eigenvalue weighted by Crippen LogP contribution is -2.20. The van der Waals surface area contributed by atoms with Gasteiger partial charge in [0.1, 0.15) is 11.3 Å². The highest BCUT2D eigenvalue weighted by Crippen LogP contribution is 2.45. The van der Waals surface area contributed by atoms with Gasteiger partial charge in [0.25, 0.3) is 0 Å². The number of fused-ring (bicyclic) bond motifs is 2. The van der Waals surface area contributed by atoms with E-state index in [9.17, 15) is 0 Å². The van der Waals surface area contributed by atoms with Crippen LogP contribution in [-0.2, 0) is 0 Å². The van der Waals surface area contributed by atoms with E-state index < -0.39 is 0 Å². The molecule has 0 bridgehead atoms. The van der Waals surface area contributed by atoms with E-state index in [0.29, 0.717) is 0 Å². The number of rotatable bonds is 3. The fourth-order valence-electron chi connectivity index (χ4n) is 3.12. The van der Waals surface area contributed by atoms with Crippen LogP contribution in [0.3, 0.4) is 0 Å². The second kappa shape index (κ2) is 4.95. The molecule has 2 aliphatic heterocycles. The number of hydrogen-bond acceptors (Lipinski definition) is 4. The normalized spacial score (nSPS) is 17.8. The van der Waals surface area contributed by atoms with Gasteiger partial charge in [0.2, 0.25) is 0 Å². The highest BCUT2D eigenvalue weighted by atomic mass is 32.2. The Morgan fingerprint density at radius 3 is 3.14 bits per heavy atom. The summed E-state index contributed by atoms with van der Waals surface area (Å²) in [6, 6.07) is 8.50. The summed E-state index contributed by atoms with van der Waals surface area (Å²) in [6.45, 7) is 6.15. The minimum atomic E-state index is 0.908. The summed E-state index contributed by atoms with van der Waals surface area (Å²) in [5.74, 6) is 0.969. The van der Waals surface area contributed by atoms with Crippen molar-refractivity contribution in [2.45, 2.75) is 26.7 Å². The third-order valence-corrected chi connectivity index (χ3v) is 5.14. The minimum Gasteiger partial charge on any atom is -0.461 e. The molecule has 0 unspecified atom stereocenters. The summed E-state index contributed by atoms with van der Waals surface area (Å²) in [6.07, 6.45) is 2.27. The summed E-state index contributed by atoms with van der Waals surface area (Å²) in [7, 11) is 0. The third-order valence-electron chi connectivity index (χ3n) is 3.97. The molecule has 0 N–H and O–H groups in total. The molecule has 2 aromatic rings. The van der Waals surface area contributed by atoms with Crippen LogP contribution in [0.15, 0.2) is 38.6 Å². The quantitative estimate of drug-likeness (QED) is 0.827. The summed E-state index contributed by atoms with van der Waals surface area (Å²) in [4.78, 5) is 8.46. The average Bonchev–Trinajstić information content (AvgIpc) is 3.11. The zero-order valence-electron chi connectivity index (χ0n) is 12.3. The molecule has 0 fully saturated rings. The number of nitrogens with zero attached hydrogens (tertiary/aromatic N) is 2. The number of aliphatic imine (C=N–C) groups is 1. The Balaban J connectivity index is 1.92. The van der Waals surface area contributed by atoms with Gasteiger partial charge in [-0.3, -0.25) is 4.99 Å². The molecule has 0 atom stereocenters. The van der Waals surface area contributed by atoms with Gasteiger partial charge in [-0.2, -0.15) is 0 Å². The van der Waals surface area contributed by atoms with E-state index in [0.717, 1.165) is 37.3 Å². The molecule has 1 aromatic carbocycles. The van der Waals surface area contributed by atoms with Gasteiger partial charge in [-0.1, -0.05) is 37.2 Å². The maximum atomic E-state index is 5.80. The molecule has 4 rings (SSSR count). The molecular weight excluding hydrogens is 280 g/mol. The predicted octanol–water partition coefficient (Wildman–Crippen LogP) is 4.63. The van der Waals surface area contributed by atoms with E-state index in [1.54, 1.807) is 0 Å². The van der Waals surface area contributed by atoms with E-state index in [2.05, 4.69) is 35.0 Å². The molecule has 4 heteroatoms. The number of furan rings is 1. The lowest BCUT2D eigenvalue weighted by Gasteiger charge is -2.18. The van der Waals surface area contributed by atoms with Gasteiger partial charge >= 0.3 is 0 Å².